The van der Waals surface area contributed by atoms with Crippen LogP contribution < -0.4 is 0 Å². The molecular formula is C21H24N2O2. The number of carbonyl (C=O) groups is 1. The molecule has 0 radical (unpaired) electrons. The van der Waals surface area contributed by atoms with Crippen molar-refractivity contribution in [2.75, 3.05) is 13.6 Å². The van der Waals surface area contributed by atoms with Crippen LogP contribution in [-0.2, 0) is 17.6 Å². The average Bonchev–Trinajstić information content (AvgIpc) is 2.99. The van der Waals surface area contributed by atoms with Crippen LogP contribution in [0.3, 0.4) is 0 Å². The Hall–Kier alpha value is -2.75. The number of aryl methyl sites for hydroxylation is 2. The number of phenols is 1. The van der Waals surface area contributed by atoms with Crippen molar-refractivity contribution >= 4 is 16.8 Å². The number of fused-ring (bicyclic) bond motifs is 1. The van der Waals surface area contributed by atoms with Crippen LogP contribution in [0, 0.1) is 6.92 Å². The first kappa shape index (κ1) is 17.1. The van der Waals surface area contributed by atoms with E-state index in [1.165, 1.54) is 16.5 Å². The first-order valence-electron chi connectivity index (χ1n) is 8.61. The van der Waals surface area contributed by atoms with Gasteiger partial charge in [0.1, 0.15) is 5.75 Å². The second-order valence-corrected chi connectivity index (χ2v) is 6.60. The van der Waals surface area contributed by atoms with Gasteiger partial charge in [0.2, 0.25) is 5.91 Å². The number of aromatic nitrogens is 1. The van der Waals surface area contributed by atoms with Gasteiger partial charge < -0.3 is 15.0 Å². The topological polar surface area (TPSA) is 56.3 Å². The van der Waals surface area contributed by atoms with Gasteiger partial charge in [-0.05, 0) is 55.2 Å². The summed E-state index contributed by atoms with van der Waals surface area (Å²) in [4.78, 5) is 17.4. The maximum absolute atomic E-state index is 12.4. The van der Waals surface area contributed by atoms with Crippen LogP contribution in [0.5, 0.6) is 5.75 Å². The predicted molar refractivity (Wildman–Crippen MR) is 101 cm³/mol. The van der Waals surface area contributed by atoms with E-state index >= 15 is 0 Å². The van der Waals surface area contributed by atoms with Crippen molar-refractivity contribution in [3.63, 3.8) is 0 Å². The lowest BCUT2D eigenvalue weighted by Crippen LogP contribution is -2.29. The smallest absolute Gasteiger partial charge is 0.222 e. The zero-order valence-electron chi connectivity index (χ0n) is 14.7. The summed E-state index contributed by atoms with van der Waals surface area (Å²) in [5.41, 5.74) is 4.56. The first-order valence-corrected chi connectivity index (χ1v) is 8.61. The molecule has 1 aromatic heterocycles. The van der Waals surface area contributed by atoms with Crippen LogP contribution >= 0.6 is 0 Å². The lowest BCUT2D eigenvalue weighted by atomic mass is 10.1. The molecule has 0 spiro atoms. The predicted octanol–water partition coefficient (Wildman–Crippen LogP) is 3.82. The van der Waals surface area contributed by atoms with Crippen molar-refractivity contribution < 1.29 is 9.90 Å². The van der Waals surface area contributed by atoms with Gasteiger partial charge >= 0.3 is 0 Å². The van der Waals surface area contributed by atoms with Gasteiger partial charge in [0, 0.05) is 37.1 Å². The Labute approximate surface area is 148 Å². The molecule has 0 atom stereocenters. The van der Waals surface area contributed by atoms with Gasteiger partial charge in [-0.25, -0.2) is 0 Å². The normalized spacial score (nSPS) is 11.0. The molecule has 0 saturated heterocycles. The molecule has 0 saturated carbocycles. The summed E-state index contributed by atoms with van der Waals surface area (Å²) in [7, 11) is 1.84. The van der Waals surface area contributed by atoms with E-state index in [0.29, 0.717) is 13.0 Å². The quantitative estimate of drug-likeness (QED) is 0.719. The van der Waals surface area contributed by atoms with E-state index in [0.717, 1.165) is 23.9 Å². The molecule has 0 aliphatic carbocycles. The molecule has 4 nitrogen and oxygen atoms in total. The fraction of sp³-hybridized carbons (Fsp3) is 0.286. The zero-order chi connectivity index (χ0) is 17.8. The van der Waals surface area contributed by atoms with Crippen molar-refractivity contribution in [2.45, 2.75) is 26.2 Å². The Morgan fingerprint density at radius 1 is 1.16 bits per heavy atom. The summed E-state index contributed by atoms with van der Waals surface area (Å²) in [5.74, 6) is 0.406. The molecule has 3 rings (SSSR count). The number of aromatic hydroxyl groups is 1. The molecule has 130 valence electrons. The van der Waals surface area contributed by atoms with Crippen LogP contribution in [0.2, 0.25) is 0 Å². The molecule has 3 aromatic rings. The highest BCUT2D eigenvalue weighted by Gasteiger charge is 2.11. The number of benzene rings is 2. The van der Waals surface area contributed by atoms with Gasteiger partial charge in [-0.1, -0.05) is 23.8 Å². The van der Waals surface area contributed by atoms with E-state index in [2.05, 4.69) is 30.1 Å². The number of nitrogens with zero attached hydrogens (tertiary/aromatic N) is 1. The standard InChI is InChI=1S/C21H24N2O2/c1-15-6-8-20-19(12-15)17(14-22-20)7-9-21(25)23(2)11-10-16-4-3-5-18(24)13-16/h3-6,8,12-14,22,24H,7,9-11H2,1-2H3. The van der Waals surface area contributed by atoms with Crippen LogP contribution in [0.15, 0.2) is 48.7 Å². The van der Waals surface area contributed by atoms with E-state index in [1.807, 2.05) is 25.4 Å². The summed E-state index contributed by atoms with van der Waals surface area (Å²) in [6, 6.07) is 13.5. The Morgan fingerprint density at radius 3 is 2.80 bits per heavy atom. The van der Waals surface area contributed by atoms with Crippen LogP contribution in [-0.4, -0.2) is 34.5 Å². The van der Waals surface area contributed by atoms with Crippen LogP contribution in [0.4, 0.5) is 0 Å². The summed E-state index contributed by atoms with van der Waals surface area (Å²) in [6.07, 6.45) is 3.98. The molecular weight excluding hydrogens is 312 g/mol. The molecule has 0 fully saturated rings. The SMILES string of the molecule is Cc1ccc2[nH]cc(CCC(=O)N(C)CCc3cccc(O)c3)c2c1. The summed E-state index contributed by atoms with van der Waals surface area (Å²) in [5, 5.41) is 10.7. The van der Waals surface area contributed by atoms with E-state index in [4.69, 9.17) is 0 Å². The lowest BCUT2D eigenvalue weighted by Gasteiger charge is -2.17. The second-order valence-electron chi connectivity index (χ2n) is 6.60. The number of hydrogen-bond acceptors (Lipinski definition) is 2. The number of hydrogen-bond donors (Lipinski definition) is 2. The van der Waals surface area contributed by atoms with Crippen LogP contribution in [0.25, 0.3) is 10.9 Å². The van der Waals surface area contributed by atoms with Crippen LogP contribution in [0.1, 0.15) is 23.1 Å². The van der Waals surface area contributed by atoms with Crippen molar-refractivity contribution in [2.24, 2.45) is 0 Å². The largest absolute Gasteiger partial charge is 0.508 e. The Bertz CT molecular complexity index is 882. The molecule has 2 aromatic carbocycles. The minimum absolute atomic E-state index is 0.141. The molecule has 0 bridgehead atoms. The van der Waals surface area contributed by atoms with Gasteiger partial charge in [-0.3, -0.25) is 4.79 Å². The van der Waals surface area contributed by atoms with Gasteiger partial charge in [-0.15, -0.1) is 0 Å². The second kappa shape index (κ2) is 7.43. The van der Waals surface area contributed by atoms with E-state index < -0.39 is 0 Å². The summed E-state index contributed by atoms with van der Waals surface area (Å²) < 4.78 is 0. The summed E-state index contributed by atoms with van der Waals surface area (Å²) in [6.45, 7) is 2.73. The number of carbonyl (C=O) groups excluding carboxylic acids is 1. The molecule has 4 heteroatoms. The third kappa shape index (κ3) is 4.21. The number of nitrogens with one attached hydrogen (secondary N) is 1. The molecule has 1 amide bonds. The minimum atomic E-state index is 0.141. The maximum atomic E-state index is 12.4. The van der Waals surface area contributed by atoms with E-state index in [9.17, 15) is 9.90 Å². The third-order valence-corrected chi connectivity index (χ3v) is 4.60. The molecule has 1 heterocycles. The van der Waals surface area contributed by atoms with Crippen molar-refractivity contribution in [1.29, 1.82) is 0 Å². The first-order chi connectivity index (χ1) is 12.0. The Balaban J connectivity index is 1.55. The molecule has 0 aliphatic heterocycles. The number of likely N-dealkylation sites (N-methyl/N-ethyl adjacent to an activating group) is 1. The van der Waals surface area contributed by atoms with Gasteiger partial charge in [0.25, 0.3) is 0 Å². The average molecular weight is 336 g/mol. The third-order valence-electron chi connectivity index (χ3n) is 4.60. The number of amides is 1. The molecule has 25 heavy (non-hydrogen) atoms. The molecule has 0 unspecified atom stereocenters. The fourth-order valence-electron chi connectivity index (χ4n) is 3.07. The zero-order valence-corrected chi connectivity index (χ0v) is 14.7. The van der Waals surface area contributed by atoms with Crippen molar-refractivity contribution in [3.05, 3.63) is 65.4 Å². The fourth-order valence-corrected chi connectivity index (χ4v) is 3.07. The maximum Gasteiger partial charge on any atom is 0.222 e. The highest BCUT2D eigenvalue weighted by molar-refractivity contribution is 5.84. The molecule has 2 N–H and O–H groups in total. The molecule has 0 aliphatic rings. The lowest BCUT2D eigenvalue weighted by molar-refractivity contribution is -0.129. The van der Waals surface area contributed by atoms with Crippen molar-refractivity contribution in [1.82, 2.24) is 9.88 Å². The van der Waals surface area contributed by atoms with E-state index in [-0.39, 0.29) is 11.7 Å². The highest BCUT2D eigenvalue weighted by Crippen LogP contribution is 2.21. The van der Waals surface area contributed by atoms with Gasteiger partial charge in [-0.2, -0.15) is 0 Å². The number of aromatic amines is 1. The van der Waals surface area contributed by atoms with Crippen molar-refractivity contribution in [3.8, 4) is 5.75 Å². The number of phenolic OH excluding ortho intramolecular Hbond substituents is 1. The van der Waals surface area contributed by atoms with E-state index in [1.54, 1.807) is 17.0 Å². The Kier molecular flexibility index (Phi) is 5.08. The number of H-pyrrole nitrogens is 1. The highest BCUT2D eigenvalue weighted by atomic mass is 16.3. The van der Waals surface area contributed by atoms with Gasteiger partial charge in [0.15, 0.2) is 0 Å². The Morgan fingerprint density at radius 2 is 2.00 bits per heavy atom. The monoisotopic (exact) mass is 336 g/mol. The minimum Gasteiger partial charge on any atom is -0.508 e. The van der Waals surface area contributed by atoms with Gasteiger partial charge in [0.05, 0.1) is 0 Å². The number of rotatable bonds is 6. The summed E-state index contributed by atoms with van der Waals surface area (Å²) >= 11 is 0.